The molecule has 82 valence electrons. The zero-order valence-corrected chi connectivity index (χ0v) is 8.86. The number of hydrogen-bond donors (Lipinski definition) is 2. The van der Waals surface area contributed by atoms with Gasteiger partial charge in [-0.3, -0.25) is 4.79 Å². The second-order valence-electron chi connectivity index (χ2n) is 3.64. The van der Waals surface area contributed by atoms with Crippen LogP contribution in [-0.2, 0) is 4.79 Å². The van der Waals surface area contributed by atoms with E-state index in [-0.39, 0.29) is 12.1 Å². The van der Waals surface area contributed by atoms with Crippen molar-refractivity contribution in [2.75, 3.05) is 0 Å². The molecular weight excluding hydrogens is 204 g/mol. The predicted molar refractivity (Wildman–Crippen MR) is 59.6 cm³/mol. The van der Waals surface area contributed by atoms with Crippen LogP contribution in [0.2, 0.25) is 0 Å². The molecule has 1 aliphatic heterocycles. The van der Waals surface area contributed by atoms with Gasteiger partial charge in [0.15, 0.2) is 0 Å². The highest BCUT2D eigenvalue weighted by Gasteiger charge is 2.25. The summed E-state index contributed by atoms with van der Waals surface area (Å²) in [5, 5.41) is 5.30. The molecule has 0 saturated heterocycles. The van der Waals surface area contributed by atoms with Gasteiger partial charge in [0.25, 0.3) is 0 Å². The number of nitrogens with one attached hydrogen (secondary N) is 2. The summed E-state index contributed by atoms with van der Waals surface area (Å²) in [5.74, 6) is 0. The molecule has 2 rings (SSSR count). The minimum absolute atomic E-state index is 0.281. The highest BCUT2D eigenvalue weighted by molar-refractivity contribution is 5.86. The number of benzene rings is 1. The monoisotopic (exact) mass is 216 g/mol. The van der Waals surface area contributed by atoms with Crippen molar-refractivity contribution in [3.63, 3.8) is 0 Å². The number of hydrogen-bond acceptors (Lipinski definition) is 2. The molecule has 1 heterocycles. The van der Waals surface area contributed by atoms with Crippen LogP contribution in [0.15, 0.2) is 41.6 Å². The van der Waals surface area contributed by atoms with E-state index in [1.54, 1.807) is 6.92 Å². The Morgan fingerprint density at radius 1 is 1.25 bits per heavy atom. The van der Waals surface area contributed by atoms with Gasteiger partial charge in [-0.15, -0.1) is 0 Å². The van der Waals surface area contributed by atoms with Gasteiger partial charge in [-0.05, 0) is 12.5 Å². The summed E-state index contributed by atoms with van der Waals surface area (Å²) >= 11 is 0. The van der Waals surface area contributed by atoms with Crippen molar-refractivity contribution in [3.05, 3.63) is 47.2 Å². The third-order valence-corrected chi connectivity index (χ3v) is 2.58. The highest BCUT2D eigenvalue weighted by Crippen LogP contribution is 2.24. The van der Waals surface area contributed by atoms with Crippen LogP contribution in [0.1, 0.15) is 18.5 Å². The normalized spacial score (nSPS) is 20.1. The molecule has 0 spiro atoms. The Hall–Kier alpha value is -2.10. The van der Waals surface area contributed by atoms with Gasteiger partial charge in [-0.2, -0.15) is 0 Å². The molecule has 0 fully saturated rings. The van der Waals surface area contributed by atoms with E-state index in [1.807, 2.05) is 30.3 Å². The maximum absolute atomic E-state index is 11.3. The van der Waals surface area contributed by atoms with E-state index in [9.17, 15) is 9.59 Å². The second-order valence-corrected chi connectivity index (χ2v) is 3.64. The highest BCUT2D eigenvalue weighted by atomic mass is 16.2. The first-order chi connectivity index (χ1) is 7.72. The summed E-state index contributed by atoms with van der Waals surface area (Å²) in [6, 6.07) is 8.77. The number of aldehydes is 1. The Labute approximate surface area is 93.3 Å². The van der Waals surface area contributed by atoms with Gasteiger partial charge in [0.05, 0.1) is 6.04 Å². The van der Waals surface area contributed by atoms with E-state index in [1.165, 1.54) is 0 Å². The average molecular weight is 216 g/mol. The van der Waals surface area contributed by atoms with Crippen LogP contribution in [0.5, 0.6) is 0 Å². The topological polar surface area (TPSA) is 58.2 Å². The molecule has 16 heavy (non-hydrogen) atoms. The number of amides is 2. The molecule has 0 aliphatic carbocycles. The van der Waals surface area contributed by atoms with Crippen molar-refractivity contribution >= 4 is 12.3 Å². The molecule has 0 aromatic heterocycles. The minimum atomic E-state index is -0.354. The fourth-order valence-electron chi connectivity index (χ4n) is 1.77. The smallest absolute Gasteiger partial charge is 0.319 e. The van der Waals surface area contributed by atoms with Crippen LogP contribution in [0.4, 0.5) is 4.79 Å². The number of carbonyl (C=O) groups is 2. The number of rotatable bonds is 2. The van der Waals surface area contributed by atoms with E-state index in [0.29, 0.717) is 11.3 Å². The number of allylic oxidation sites excluding steroid dienone is 1. The molecule has 1 aliphatic rings. The maximum Gasteiger partial charge on any atom is 0.319 e. The molecule has 1 aromatic rings. The minimum Gasteiger partial charge on any atom is -0.327 e. The fourth-order valence-corrected chi connectivity index (χ4v) is 1.77. The lowest BCUT2D eigenvalue weighted by Crippen LogP contribution is -2.43. The van der Waals surface area contributed by atoms with Crippen molar-refractivity contribution < 1.29 is 9.59 Å². The first-order valence-electron chi connectivity index (χ1n) is 5.01. The van der Waals surface area contributed by atoms with Gasteiger partial charge in [-0.1, -0.05) is 30.3 Å². The van der Waals surface area contributed by atoms with Crippen LogP contribution in [0.25, 0.3) is 0 Å². The van der Waals surface area contributed by atoms with E-state index < -0.39 is 0 Å². The van der Waals surface area contributed by atoms with Gasteiger partial charge >= 0.3 is 6.03 Å². The molecule has 0 bridgehead atoms. The molecule has 1 unspecified atom stereocenters. The third-order valence-electron chi connectivity index (χ3n) is 2.58. The summed E-state index contributed by atoms with van der Waals surface area (Å²) in [6.07, 6.45) is 0.777. The molecule has 0 saturated carbocycles. The summed E-state index contributed by atoms with van der Waals surface area (Å²) in [7, 11) is 0. The van der Waals surface area contributed by atoms with Gasteiger partial charge in [0.2, 0.25) is 0 Å². The summed E-state index contributed by atoms with van der Waals surface area (Å²) < 4.78 is 0. The van der Waals surface area contributed by atoms with Gasteiger partial charge in [0, 0.05) is 11.3 Å². The number of urea groups is 1. The summed E-state index contributed by atoms with van der Waals surface area (Å²) in [4.78, 5) is 22.4. The lowest BCUT2D eigenvalue weighted by Gasteiger charge is -2.26. The maximum atomic E-state index is 11.3. The molecular formula is C12H12N2O2. The molecule has 1 atom stereocenters. The van der Waals surface area contributed by atoms with Crippen molar-refractivity contribution in [1.29, 1.82) is 0 Å². The predicted octanol–water partition coefficient (Wildman–Crippen LogP) is 1.51. The van der Waals surface area contributed by atoms with Crippen molar-refractivity contribution in [1.82, 2.24) is 10.6 Å². The van der Waals surface area contributed by atoms with Crippen LogP contribution >= 0.6 is 0 Å². The Kier molecular flexibility index (Phi) is 2.72. The van der Waals surface area contributed by atoms with Crippen LogP contribution in [0, 0.1) is 0 Å². The molecule has 0 radical (unpaired) electrons. The Bertz CT molecular complexity index is 451. The Balaban J connectivity index is 2.43. The molecule has 2 amide bonds. The van der Waals surface area contributed by atoms with E-state index >= 15 is 0 Å². The van der Waals surface area contributed by atoms with Crippen LogP contribution < -0.4 is 10.6 Å². The zero-order valence-electron chi connectivity index (χ0n) is 8.86. The summed E-state index contributed by atoms with van der Waals surface area (Å²) in [5.41, 5.74) is 2.07. The van der Waals surface area contributed by atoms with Crippen molar-refractivity contribution in [2.45, 2.75) is 13.0 Å². The Morgan fingerprint density at radius 3 is 2.56 bits per heavy atom. The first-order valence-corrected chi connectivity index (χ1v) is 5.01. The van der Waals surface area contributed by atoms with E-state index in [2.05, 4.69) is 10.6 Å². The molecule has 2 N–H and O–H groups in total. The van der Waals surface area contributed by atoms with Gasteiger partial charge < -0.3 is 10.6 Å². The molecule has 1 aromatic carbocycles. The lowest BCUT2D eigenvalue weighted by molar-refractivity contribution is -0.105. The van der Waals surface area contributed by atoms with Crippen LogP contribution in [0.3, 0.4) is 0 Å². The van der Waals surface area contributed by atoms with Crippen molar-refractivity contribution in [3.8, 4) is 0 Å². The van der Waals surface area contributed by atoms with Crippen LogP contribution in [-0.4, -0.2) is 12.3 Å². The second kappa shape index (κ2) is 4.18. The van der Waals surface area contributed by atoms with E-state index in [0.717, 1.165) is 11.8 Å². The SMILES string of the molecule is CC1=C(C=O)C(c2ccccc2)NC(=O)N1. The largest absolute Gasteiger partial charge is 0.327 e. The first kappa shape index (κ1) is 10.4. The number of carbonyl (C=O) groups excluding carboxylic acids is 2. The zero-order chi connectivity index (χ0) is 11.5. The molecule has 4 nitrogen and oxygen atoms in total. The average Bonchev–Trinajstić information content (AvgIpc) is 2.29. The Morgan fingerprint density at radius 2 is 1.94 bits per heavy atom. The quantitative estimate of drug-likeness (QED) is 0.736. The van der Waals surface area contributed by atoms with E-state index in [4.69, 9.17) is 0 Å². The van der Waals surface area contributed by atoms with Crippen molar-refractivity contribution in [2.24, 2.45) is 0 Å². The van der Waals surface area contributed by atoms with Gasteiger partial charge in [0.1, 0.15) is 6.29 Å². The fraction of sp³-hybridized carbons (Fsp3) is 0.167. The standard InChI is InChI=1S/C12H12N2O2/c1-8-10(7-15)11(14-12(16)13-8)9-5-3-2-4-6-9/h2-7,11H,1H3,(H2,13,14,16). The molecule has 4 heteroatoms. The lowest BCUT2D eigenvalue weighted by atomic mass is 9.97. The van der Waals surface area contributed by atoms with Gasteiger partial charge in [-0.25, -0.2) is 4.79 Å². The third kappa shape index (κ3) is 1.82. The summed E-state index contributed by atoms with van der Waals surface area (Å²) in [6.45, 7) is 1.72.